The summed E-state index contributed by atoms with van der Waals surface area (Å²) >= 11 is 0. The molecule has 0 unspecified atom stereocenters. The second kappa shape index (κ2) is 8.92. The van der Waals surface area contributed by atoms with Crippen LogP contribution in [0.5, 0.6) is 5.75 Å². The lowest BCUT2D eigenvalue weighted by atomic mass is 10.2. The normalized spacial score (nSPS) is 10.1. The maximum atomic E-state index is 11.2. The molecule has 0 saturated carbocycles. The zero-order valence-electron chi connectivity index (χ0n) is 11.5. The van der Waals surface area contributed by atoms with Gasteiger partial charge in [-0.25, -0.2) is 4.79 Å². The van der Waals surface area contributed by atoms with Crippen LogP contribution < -0.4 is 15.4 Å². The average molecular weight is 280 g/mol. The van der Waals surface area contributed by atoms with Gasteiger partial charge in [-0.2, -0.15) is 0 Å². The summed E-state index contributed by atoms with van der Waals surface area (Å²) in [6.45, 7) is 4.12. The first kappa shape index (κ1) is 16.0. The Kier molecular flexibility index (Phi) is 7.13. The molecule has 20 heavy (non-hydrogen) atoms. The molecule has 6 nitrogen and oxygen atoms in total. The molecule has 0 bridgehead atoms. The number of rotatable bonds is 9. The van der Waals surface area contributed by atoms with Gasteiger partial charge < -0.3 is 20.5 Å². The van der Waals surface area contributed by atoms with E-state index in [0.717, 1.165) is 0 Å². The average Bonchev–Trinajstić information content (AvgIpc) is 2.43. The van der Waals surface area contributed by atoms with E-state index in [1.807, 2.05) is 6.92 Å². The molecule has 0 aliphatic heterocycles. The third kappa shape index (κ3) is 6.19. The van der Waals surface area contributed by atoms with E-state index in [4.69, 9.17) is 9.84 Å². The molecule has 0 aliphatic rings. The van der Waals surface area contributed by atoms with Crippen LogP contribution in [-0.2, 0) is 4.79 Å². The number of benzene rings is 1. The van der Waals surface area contributed by atoms with Crippen LogP contribution in [0.2, 0.25) is 0 Å². The zero-order valence-corrected chi connectivity index (χ0v) is 11.5. The number of carboxylic acids is 1. The van der Waals surface area contributed by atoms with Crippen molar-refractivity contribution in [2.24, 2.45) is 0 Å². The summed E-state index contributed by atoms with van der Waals surface area (Å²) in [4.78, 5) is 21.9. The van der Waals surface area contributed by atoms with Crippen molar-refractivity contribution in [3.8, 4) is 5.75 Å². The van der Waals surface area contributed by atoms with Gasteiger partial charge in [-0.3, -0.25) is 4.79 Å². The summed E-state index contributed by atoms with van der Waals surface area (Å²) in [7, 11) is 0. The molecule has 6 heteroatoms. The van der Waals surface area contributed by atoms with Gasteiger partial charge in [0.15, 0.2) is 0 Å². The molecular weight excluding hydrogens is 260 g/mol. The Morgan fingerprint density at radius 2 is 2.10 bits per heavy atom. The quantitative estimate of drug-likeness (QED) is 0.584. The topological polar surface area (TPSA) is 87.7 Å². The highest BCUT2D eigenvalue weighted by Gasteiger charge is 2.03. The monoisotopic (exact) mass is 280 g/mol. The summed E-state index contributed by atoms with van der Waals surface area (Å²) in [5.41, 5.74) is 0.201. The molecule has 0 atom stereocenters. The Hall–Kier alpha value is -2.08. The van der Waals surface area contributed by atoms with Crippen molar-refractivity contribution in [3.05, 3.63) is 29.8 Å². The SMILES string of the molecule is CCNC(=O)CCNCCOc1cccc(C(=O)O)c1. The smallest absolute Gasteiger partial charge is 0.335 e. The summed E-state index contributed by atoms with van der Waals surface area (Å²) in [5.74, 6) is -0.430. The van der Waals surface area contributed by atoms with Gasteiger partial charge in [0, 0.05) is 26.1 Å². The van der Waals surface area contributed by atoms with Crippen LogP contribution in [0.15, 0.2) is 24.3 Å². The molecule has 110 valence electrons. The zero-order chi connectivity index (χ0) is 14.8. The van der Waals surface area contributed by atoms with Crippen molar-refractivity contribution >= 4 is 11.9 Å². The predicted octanol–water partition coefficient (Wildman–Crippen LogP) is 0.879. The second-order valence-corrected chi connectivity index (χ2v) is 4.13. The van der Waals surface area contributed by atoms with E-state index in [-0.39, 0.29) is 11.5 Å². The Labute approximate surface area is 118 Å². The highest BCUT2D eigenvalue weighted by Crippen LogP contribution is 2.12. The van der Waals surface area contributed by atoms with Crippen LogP contribution in [0.25, 0.3) is 0 Å². The number of amides is 1. The van der Waals surface area contributed by atoms with Crippen LogP contribution in [0.1, 0.15) is 23.7 Å². The third-order valence-electron chi connectivity index (χ3n) is 2.53. The van der Waals surface area contributed by atoms with E-state index in [1.54, 1.807) is 12.1 Å². The van der Waals surface area contributed by atoms with Crippen molar-refractivity contribution in [3.63, 3.8) is 0 Å². The minimum atomic E-state index is -0.976. The van der Waals surface area contributed by atoms with E-state index < -0.39 is 5.97 Å². The van der Waals surface area contributed by atoms with Crippen LogP contribution >= 0.6 is 0 Å². The summed E-state index contributed by atoms with van der Waals surface area (Å²) in [6, 6.07) is 6.35. The maximum Gasteiger partial charge on any atom is 0.335 e. The fourth-order valence-corrected chi connectivity index (χ4v) is 1.57. The van der Waals surface area contributed by atoms with Crippen molar-refractivity contribution < 1.29 is 19.4 Å². The molecule has 0 heterocycles. The molecule has 0 fully saturated rings. The Balaban J connectivity index is 2.17. The van der Waals surface area contributed by atoms with Gasteiger partial charge in [0.1, 0.15) is 12.4 Å². The fraction of sp³-hybridized carbons (Fsp3) is 0.429. The number of hydrogen-bond donors (Lipinski definition) is 3. The Bertz CT molecular complexity index is 449. The molecule has 3 N–H and O–H groups in total. The van der Waals surface area contributed by atoms with Gasteiger partial charge in [0.2, 0.25) is 5.91 Å². The summed E-state index contributed by atoms with van der Waals surface area (Å²) < 4.78 is 5.42. The highest BCUT2D eigenvalue weighted by atomic mass is 16.5. The molecule has 1 amide bonds. The summed E-state index contributed by atoms with van der Waals surface area (Å²) in [6.07, 6.45) is 0.433. The van der Waals surface area contributed by atoms with Crippen molar-refractivity contribution in [2.75, 3.05) is 26.2 Å². The molecule has 0 aliphatic carbocycles. The minimum Gasteiger partial charge on any atom is -0.492 e. The van der Waals surface area contributed by atoms with Crippen molar-refractivity contribution in [1.29, 1.82) is 0 Å². The lowest BCUT2D eigenvalue weighted by Gasteiger charge is -2.08. The number of ether oxygens (including phenoxy) is 1. The molecule has 1 aromatic carbocycles. The van der Waals surface area contributed by atoms with Crippen molar-refractivity contribution in [2.45, 2.75) is 13.3 Å². The van der Waals surface area contributed by atoms with Gasteiger partial charge in [0.25, 0.3) is 0 Å². The third-order valence-corrected chi connectivity index (χ3v) is 2.53. The van der Waals surface area contributed by atoms with Gasteiger partial charge in [-0.1, -0.05) is 6.07 Å². The van der Waals surface area contributed by atoms with E-state index >= 15 is 0 Å². The molecule has 1 rings (SSSR count). The van der Waals surface area contributed by atoms with E-state index in [1.165, 1.54) is 12.1 Å². The fourth-order valence-electron chi connectivity index (χ4n) is 1.57. The molecule has 0 aromatic heterocycles. The minimum absolute atomic E-state index is 0.0232. The number of carbonyl (C=O) groups excluding carboxylic acids is 1. The number of aromatic carboxylic acids is 1. The summed E-state index contributed by atoms with van der Waals surface area (Å²) in [5, 5.41) is 14.6. The van der Waals surface area contributed by atoms with E-state index in [9.17, 15) is 9.59 Å². The number of hydrogen-bond acceptors (Lipinski definition) is 4. The van der Waals surface area contributed by atoms with Gasteiger partial charge in [-0.05, 0) is 25.1 Å². The van der Waals surface area contributed by atoms with Gasteiger partial charge in [0.05, 0.1) is 5.56 Å². The van der Waals surface area contributed by atoms with Gasteiger partial charge >= 0.3 is 5.97 Å². The molecular formula is C14H20N2O4. The molecule has 0 spiro atoms. The standard InChI is InChI=1S/C14H20N2O4/c1-2-16-13(17)6-7-15-8-9-20-12-5-3-4-11(10-12)14(18)19/h3-5,10,15H,2,6-9H2,1H3,(H,16,17)(H,18,19). The lowest BCUT2D eigenvalue weighted by molar-refractivity contribution is -0.120. The largest absolute Gasteiger partial charge is 0.492 e. The number of carbonyl (C=O) groups is 2. The first-order chi connectivity index (χ1) is 9.63. The molecule has 0 radical (unpaired) electrons. The van der Waals surface area contributed by atoms with Crippen LogP contribution in [0.4, 0.5) is 0 Å². The van der Waals surface area contributed by atoms with Crippen LogP contribution in [0, 0.1) is 0 Å². The van der Waals surface area contributed by atoms with Crippen LogP contribution in [0.3, 0.4) is 0 Å². The van der Waals surface area contributed by atoms with Gasteiger partial charge in [-0.15, -0.1) is 0 Å². The predicted molar refractivity (Wildman–Crippen MR) is 75.1 cm³/mol. The van der Waals surface area contributed by atoms with E-state index in [2.05, 4.69) is 10.6 Å². The Morgan fingerprint density at radius 1 is 1.30 bits per heavy atom. The number of carboxylic acid groups (broad SMARTS) is 1. The Morgan fingerprint density at radius 3 is 2.80 bits per heavy atom. The number of nitrogens with one attached hydrogen (secondary N) is 2. The molecule has 0 saturated heterocycles. The maximum absolute atomic E-state index is 11.2. The molecule has 1 aromatic rings. The van der Waals surface area contributed by atoms with Crippen LogP contribution in [-0.4, -0.2) is 43.2 Å². The van der Waals surface area contributed by atoms with Crippen molar-refractivity contribution in [1.82, 2.24) is 10.6 Å². The first-order valence-electron chi connectivity index (χ1n) is 6.57. The highest BCUT2D eigenvalue weighted by molar-refractivity contribution is 5.88. The lowest BCUT2D eigenvalue weighted by Crippen LogP contribution is -2.29. The first-order valence-corrected chi connectivity index (χ1v) is 6.57. The second-order valence-electron chi connectivity index (χ2n) is 4.13. The van der Waals surface area contributed by atoms with E-state index in [0.29, 0.717) is 38.4 Å².